The van der Waals surface area contributed by atoms with E-state index in [0.29, 0.717) is 27.4 Å². The second-order valence-corrected chi connectivity index (χ2v) is 9.32. The van der Waals surface area contributed by atoms with E-state index in [-0.39, 0.29) is 17.7 Å². The van der Waals surface area contributed by atoms with Crippen molar-refractivity contribution < 1.29 is 28.1 Å². The molecule has 194 valence electrons. The van der Waals surface area contributed by atoms with Crippen molar-refractivity contribution in [3.63, 3.8) is 0 Å². The first-order valence-electron chi connectivity index (χ1n) is 11.1. The van der Waals surface area contributed by atoms with E-state index < -0.39 is 48.4 Å². The molecule has 1 aliphatic rings. The minimum atomic E-state index is -1.59. The smallest absolute Gasteiger partial charge is 0.194 e. The maximum atomic E-state index is 13.7. The number of hydrogen-bond donors (Lipinski definition) is 2. The van der Waals surface area contributed by atoms with E-state index in [0.717, 1.165) is 12.1 Å². The van der Waals surface area contributed by atoms with E-state index >= 15 is 0 Å². The zero-order chi connectivity index (χ0) is 26.4. The van der Waals surface area contributed by atoms with Crippen molar-refractivity contribution in [2.75, 3.05) is 6.61 Å². The van der Waals surface area contributed by atoms with Gasteiger partial charge in [0.25, 0.3) is 0 Å². The van der Waals surface area contributed by atoms with Crippen LogP contribution < -0.4 is 0 Å². The summed E-state index contributed by atoms with van der Waals surface area (Å²) in [6, 6.07) is 5.76. The Morgan fingerprint density at radius 2 is 1.84 bits per heavy atom. The van der Waals surface area contributed by atoms with Crippen LogP contribution in [0.1, 0.15) is 30.2 Å². The van der Waals surface area contributed by atoms with Crippen LogP contribution in [0.2, 0.25) is 10.0 Å². The Morgan fingerprint density at radius 3 is 2.51 bits per heavy atom. The Bertz CT molecular complexity index is 1440. The Hall–Kier alpha value is -3.03. The monoisotopic (exact) mass is 554 g/mol. The molecule has 14 heteroatoms. The molecule has 3 heterocycles. The van der Waals surface area contributed by atoms with Crippen LogP contribution in [0.15, 0.2) is 36.5 Å². The van der Waals surface area contributed by atoms with Gasteiger partial charge >= 0.3 is 0 Å². The fourth-order valence-corrected chi connectivity index (χ4v) is 4.55. The molecule has 37 heavy (non-hydrogen) atoms. The van der Waals surface area contributed by atoms with Crippen molar-refractivity contribution in [1.29, 1.82) is 0 Å². The quantitative estimate of drug-likeness (QED) is 0.359. The molecule has 0 radical (unpaired) electrons. The number of aryl methyl sites for hydroxylation is 1. The van der Waals surface area contributed by atoms with Gasteiger partial charge in [-0.25, -0.2) is 27.5 Å². The Kier molecular flexibility index (Phi) is 6.94. The fourth-order valence-electron chi connectivity index (χ4n) is 4.26. The summed E-state index contributed by atoms with van der Waals surface area (Å²) in [4.78, 5) is 4.49. The maximum absolute atomic E-state index is 13.7. The van der Waals surface area contributed by atoms with Crippen molar-refractivity contribution >= 4 is 23.2 Å². The molecule has 0 bridgehead atoms. The number of ether oxygens (including phenoxy) is 1. The summed E-state index contributed by atoms with van der Waals surface area (Å²) in [6.07, 6.45) is -1.48. The molecular formula is C23H19Cl2F3N6O3. The molecule has 4 aromatic rings. The SMILES string of the molecule is Cc1nc(C2CC(n3cc(-c4cc(F)c(F)c(F)c4)nn3)C(O)C(CO)O2)n(-c2ccc(Cl)c(Cl)c2)n1. The van der Waals surface area contributed by atoms with Crippen molar-refractivity contribution in [2.24, 2.45) is 0 Å². The van der Waals surface area contributed by atoms with Gasteiger partial charge in [-0.1, -0.05) is 28.4 Å². The molecule has 0 saturated carbocycles. The topological polar surface area (TPSA) is 111 Å². The fraction of sp³-hybridized carbons (Fsp3) is 0.304. The van der Waals surface area contributed by atoms with Gasteiger partial charge in [-0.3, -0.25) is 0 Å². The van der Waals surface area contributed by atoms with Gasteiger partial charge in [-0.05, 0) is 37.3 Å². The first-order valence-corrected chi connectivity index (χ1v) is 11.8. The second kappa shape index (κ2) is 10.0. The number of halogens is 5. The molecule has 0 spiro atoms. The van der Waals surface area contributed by atoms with Crippen LogP contribution >= 0.6 is 23.2 Å². The third-order valence-corrected chi connectivity index (χ3v) is 6.79. The minimum absolute atomic E-state index is 0.0329. The highest BCUT2D eigenvalue weighted by Gasteiger charge is 2.41. The lowest BCUT2D eigenvalue weighted by molar-refractivity contribution is -0.161. The first-order chi connectivity index (χ1) is 17.7. The molecule has 0 aliphatic carbocycles. The van der Waals surface area contributed by atoms with Gasteiger partial charge in [0.1, 0.15) is 29.8 Å². The predicted molar refractivity (Wildman–Crippen MR) is 126 cm³/mol. The normalized spacial score (nSPS) is 21.9. The van der Waals surface area contributed by atoms with Crippen LogP contribution in [0.4, 0.5) is 13.2 Å². The van der Waals surface area contributed by atoms with Crippen LogP contribution in [0.5, 0.6) is 0 Å². The first kappa shape index (κ1) is 25.6. The average molecular weight is 555 g/mol. The van der Waals surface area contributed by atoms with Crippen LogP contribution in [-0.4, -0.2) is 58.8 Å². The zero-order valence-electron chi connectivity index (χ0n) is 19.1. The van der Waals surface area contributed by atoms with E-state index in [1.807, 2.05) is 0 Å². The Labute approximate surface area is 218 Å². The lowest BCUT2D eigenvalue weighted by atomic mass is 9.95. The predicted octanol–water partition coefficient (Wildman–Crippen LogP) is 3.98. The summed E-state index contributed by atoms with van der Waals surface area (Å²) < 4.78 is 49.6. The number of aliphatic hydroxyl groups excluding tert-OH is 2. The lowest BCUT2D eigenvalue weighted by Gasteiger charge is -2.38. The molecule has 2 aromatic heterocycles. The van der Waals surface area contributed by atoms with Crippen LogP contribution in [0.25, 0.3) is 16.9 Å². The molecule has 4 atom stereocenters. The Balaban J connectivity index is 1.49. The van der Waals surface area contributed by atoms with Gasteiger partial charge in [0.05, 0.1) is 34.6 Å². The van der Waals surface area contributed by atoms with Crippen molar-refractivity contribution in [2.45, 2.75) is 37.7 Å². The molecule has 0 amide bonds. The van der Waals surface area contributed by atoms with E-state index in [2.05, 4.69) is 20.4 Å². The van der Waals surface area contributed by atoms with E-state index in [9.17, 15) is 23.4 Å². The lowest BCUT2D eigenvalue weighted by Crippen LogP contribution is -2.45. The van der Waals surface area contributed by atoms with Gasteiger partial charge in [-0.15, -0.1) is 5.10 Å². The summed E-state index contributed by atoms with van der Waals surface area (Å²) in [6.45, 7) is 1.19. The highest BCUT2D eigenvalue weighted by atomic mass is 35.5. The highest BCUT2D eigenvalue weighted by Crippen LogP contribution is 2.38. The number of aliphatic hydroxyl groups is 2. The zero-order valence-corrected chi connectivity index (χ0v) is 20.6. The summed E-state index contributed by atoms with van der Waals surface area (Å²) >= 11 is 12.2. The van der Waals surface area contributed by atoms with Gasteiger partial charge in [0.2, 0.25) is 0 Å². The van der Waals surface area contributed by atoms with Gasteiger partial charge in [0.15, 0.2) is 23.3 Å². The molecule has 1 fully saturated rings. The minimum Gasteiger partial charge on any atom is -0.394 e. The van der Waals surface area contributed by atoms with Gasteiger partial charge in [0, 0.05) is 12.0 Å². The molecule has 5 rings (SSSR count). The van der Waals surface area contributed by atoms with Crippen molar-refractivity contribution in [3.8, 4) is 16.9 Å². The highest BCUT2D eigenvalue weighted by molar-refractivity contribution is 6.42. The third-order valence-electron chi connectivity index (χ3n) is 6.05. The van der Waals surface area contributed by atoms with E-state index in [4.69, 9.17) is 27.9 Å². The molecule has 4 unspecified atom stereocenters. The van der Waals surface area contributed by atoms with E-state index in [1.165, 1.54) is 15.6 Å². The number of benzene rings is 2. The number of hydrogen-bond acceptors (Lipinski definition) is 7. The molecule has 9 nitrogen and oxygen atoms in total. The summed E-state index contributed by atoms with van der Waals surface area (Å²) in [5.41, 5.74) is 0.595. The van der Waals surface area contributed by atoms with Crippen LogP contribution in [0, 0.1) is 24.4 Å². The molecule has 1 saturated heterocycles. The number of aromatic nitrogens is 6. The third kappa shape index (κ3) is 4.82. The summed E-state index contributed by atoms with van der Waals surface area (Å²) in [7, 11) is 0. The summed E-state index contributed by atoms with van der Waals surface area (Å²) in [5, 5.41) is 33.8. The molecule has 2 aromatic carbocycles. The maximum Gasteiger partial charge on any atom is 0.194 e. The van der Waals surface area contributed by atoms with E-state index in [1.54, 1.807) is 25.1 Å². The number of rotatable bonds is 5. The molecule has 1 aliphatic heterocycles. The second-order valence-electron chi connectivity index (χ2n) is 8.50. The van der Waals surface area contributed by atoms with Crippen molar-refractivity contribution in [3.05, 3.63) is 75.7 Å². The number of nitrogens with zero attached hydrogens (tertiary/aromatic N) is 6. The molecular weight excluding hydrogens is 536 g/mol. The van der Waals surface area contributed by atoms with Gasteiger partial charge in [-0.2, -0.15) is 5.10 Å². The average Bonchev–Trinajstić information content (AvgIpc) is 3.51. The van der Waals surface area contributed by atoms with Crippen LogP contribution in [-0.2, 0) is 4.74 Å². The standard InChI is InChI=1S/C23H19Cl2F3N6O3/c1-10-29-23(34(31-10)12-2-3-13(24)14(25)6-12)19-7-18(22(36)20(9-35)37-19)33-8-17(30-32-33)11-4-15(26)21(28)16(27)5-11/h2-6,8,18-20,22,35-36H,7,9H2,1H3. The largest absolute Gasteiger partial charge is 0.394 e. The molecule has 2 N–H and O–H groups in total. The Morgan fingerprint density at radius 1 is 1.11 bits per heavy atom. The van der Waals surface area contributed by atoms with Crippen molar-refractivity contribution in [1.82, 2.24) is 29.8 Å². The van der Waals surface area contributed by atoms with Crippen LogP contribution in [0.3, 0.4) is 0 Å². The summed E-state index contributed by atoms with van der Waals surface area (Å²) in [5.74, 6) is -3.50. The van der Waals surface area contributed by atoms with Gasteiger partial charge < -0.3 is 14.9 Å².